The molecular weight excluding hydrogens is 613 g/mol. The summed E-state index contributed by atoms with van der Waals surface area (Å²) in [7, 11) is 0. The lowest BCUT2D eigenvalue weighted by Gasteiger charge is -2.36. The Kier molecular flexibility index (Phi) is 8.33. The quantitative estimate of drug-likeness (QED) is 0.260. The van der Waals surface area contributed by atoms with E-state index in [0.29, 0.717) is 44.1 Å². The zero-order chi connectivity index (χ0) is 26.5. The van der Waals surface area contributed by atoms with Gasteiger partial charge in [0.05, 0.1) is 4.91 Å². The molecule has 2 heterocycles. The molecule has 3 aromatic carbocycles. The summed E-state index contributed by atoms with van der Waals surface area (Å²) in [5, 5.41) is -0.435. The third-order valence-corrected chi connectivity index (χ3v) is 8.06. The summed E-state index contributed by atoms with van der Waals surface area (Å²) >= 11 is 3.11. The smallest absolute Gasteiger partial charge is 0.294 e. The van der Waals surface area contributed by atoms with Crippen LogP contribution in [-0.2, 0) is 16.2 Å². The number of thioether (sulfide) groups is 1. The number of carbonyl (C=O) groups is 3. The molecule has 0 unspecified atom stereocenters. The molecule has 3 aromatic rings. The molecule has 5 rings (SSSR count). The number of hydrogen-bond acceptors (Lipinski definition) is 6. The van der Waals surface area contributed by atoms with Crippen LogP contribution in [0.15, 0.2) is 83.8 Å². The third kappa shape index (κ3) is 6.21. The van der Waals surface area contributed by atoms with Gasteiger partial charge in [-0.15, -0.1) is 0 Å². The molecule has 38 heavy (non-hydrogen) atoms. The minimum absolute atomic E-state index is 0.220. The van der Waals surface area contributed by atoms with Crippen LogP contribution in [0.5, 0.6) is 5.75 Å². The number of amides is 3. The van der Waals surface area contributed by atoms with Crippen molar-refractivity contribution in [3.63, 3.8) is 0 Å². The minimum atomic E-state index is -0.455. The Bertz CT molecular complexity index is 1360. The number of hydrogen-bond donors (Lipinski definition) is 0. The monoisotopic (exact) mass is 639 g/mol. The maximum atomic E-state index is 13.1. The maximum Gasteiger partial charge on any atom is 0.294 e. The first kappa shape index (κ1) is 26.3. The van der Waals surface area contributed by atoms with Crippen LogP contribution in [0, 0.1) is 3.57 Å². The van der Waals surface area contributed by atoms with Crippen molar-refractivity contribution in [3.05, 3.63) is 98.5 Å². The van der Waals surface area contributed by atoms with Gasteiger partial charge in [0.1, 0.15) is 18.9 Å². The first-order valence-corrected chi connectivity index (χ1v) is 14.2. The van der Waals surface area contributed by atoms with Crippen LogP contribution < -0.4 is 9.64 Å². The number of piperazine rings is 1. The Morgan fingerprint density at radius 3 is 2.32 bits per heavy atom. The van der Waals surface area contributed by atoms with Gasteiger partial charge in [0.15, 0.2) is 0 Å². The van der Waals surface area contributed by atoms with E-state index in [1.807, 2.05) is 66.7 Å². The number of carbonyl (C=O) groups excluding carboxylic acids is 3. The highest BCUT2D eigenvalue weighted by molar-refractivity contribution is 14.1. The van der Waals surface area contributed by atoms with E-state index >= 15 is 0 Å². The molecule has 0 aliphatic carbocycles. The van der Waals surface area contributed by atoms with Crippen LogP contribution in [0.1, 0.15) is 11.1 Å². The maximum absolute atomic E-state index is 13.1. The van der Waals surface area contributed by atoms with E-state index < -0.39 is 11.1 Å². The lowest BCUT2D eigenvalue weighted by atomic mass is 10.1. The van der Waals surface area contributed by atoms with Crippen molar-refractivity contribution >= 4 is 63.2 Å². The summed E-state index contributed by atoms with van der Waals surface area (Å²) in [4.78, 5) is 44.0. The Morgan fingerprint density at radius 1 is 0.895 bits per heavy atom. The van der Waals surface area contributed by atoms with Crippen molar-refractivity contribution in [1.29, 1.82) is 0 Å². The Balaban J connectivity index is 1.21. The first-order valence-electron chi connectivity index (χ1n) is 12.3. The SMILES string of the molecule is O=C(CN1C(=O)S/C(=C/c2ccccc2OCc2ccc(I)cc2)C1=O)N1CCN(c2ccccc2)CC1. The molecule has 0 radical (unpaired) electrons. The third-order valence-electron chi connectivity index (χ3n) is 6.43. The van der Waals surface area contributed by atoms with Gasteiger partial charge < -0.3 is 14.5 Å². The standard InChI is InChI=1S/C29H26IN3O4S/c30-23-12-10-21(11-13-23)20-37-25-9-5-4-6-22(25)18-26-28(35)33(29(36)38-26)19-27(34)32-16-14-31(15-17-32)24-7-2-1-3-8-24/h1-13,18H,14-17,19-20H2/b26-18+. The van der Waals surface area contributed by atoms with Crippen molar-refractivity contribution in [2.75, 3.05) is 37.6 Å². The molecule has 0 atom stereocenters. The van der Waals surface area contributed by atoms with Crippen LogP contribution in [0.25, 0.3) is 6.08 Å². The molecule has 3 amide bonds. The van der Waals surface area contributed by atoms with Crippen LogP contribution >= 0.6 is 34.4 Å². The Morgan fingerprint density at radius 2 is 1.58 bits per heavy atom. The fraction of sp³-hybridized carbons (Fsp3) is 0.207. The van der Waals surface area contributed by atoms with E-state index in [2.05, 4.69) is 39.6 Å². The molecule has 2 fully saturated rings. The van der Waals surface area contributed by atoms with Crippen LogP contribution in [0.3, 0.4) is 0 Å². The van der Waals surface area contributed by atoms with E-state index in [1.165, 1.54) is 0 Å². The van der Waals surface area contributed by atoms with Gasteiger partial charge in [-0.05, 0) is 76.3 Å². The molecule has 2 saturated heterocycles. The van der Waals surface area contributed by atoms with E-state index in [-0.39, 0.29) is 17.4 Å². The predicted molar refractivity (Wildman–Crippen MR) is 158 cm³/mol. The summed E-state index contributed by atoms with van der Waals surface area (Å²) in [5.74, 6) is -0.0589. The van der Waals surface area contributed by atoms with Gasteiger partial charge in [-0.1, -0.05) is 48.5 Å². The summed E-state index contributed by atoms with van der Waals surface area (Å²) < 4.78 is 7.16. The second-order valence-electron chi connectivity index (χ2n) is 8.92. The highest BCUT2D eigenvalue weighted by Crippen LogP contribution is 2.34. The van der Waals surface area contributed by atoms with Crippen LogP contribution in [0.4, 0.5) is 10.5 Å². The molecule has 7 nitrogen and oxygen atoms in total. The van der Waals surface area contributed by atoms with Gasteiger partial charge >= 0.3 is 0 Å². The summed E-state index contributed by atoms with van der Waals surface area (Å²) in [5.41, 5.74) is 2.86. The van der Waals surface area contributed by atoms with Crippen LogP contribution in [0.2, 0.25) is 0 Å². The molecule has 0 saturated carbocycles. The van der Waals surface area contributed by atoms with Gasteiger partial charge in [0.25, 0.3) is 11.1 Å². The average Bonchev–Trinajstić information content (AvgIpc) is 3.21. The number of imide groups is 1. The number of anilines is 1. The van der Waals surface area contributed by atoms with Crippen molar-refractivity contribution in [2.45, 2.75) is 6.61 Å². The Labute approximate surface area is 239 Å². The summed E-state index contributed by atoms with van der Waals surface area (Å²) in [6.45, 7) is 2.64. The van der Waals surface area contributed by atoms with E-state index in [0.717, 1.165) is 31.5 Å². The molecular formula is C29H26IN3O4S. The zero-order valence-corrected chi connectivity index (χ0v) is 23.6. The molecule has 0 bridgehead atoms. The molecule has 0 aromatic heterocycles. The van der Waals surface area contributed by atoms with Crippen molar-refractivity contribution < 1.29 is 19.1 Å². The van der Waals surface area contributed by atoms with Crippen LogP contribution in [-0.4, -0.2) is 59.6 Å². The Hall–Kier alpha value is -3.31. The number of rotatable bonds is 7. The van der Waals surface area contributed by atoms with E-state index in [1.54, 1.807) is 11.0 Å². The minimum Gasteiger partial charge on any atom is -0.488 e. The van der Waals surface area contributed by atoms with Crippen molar-refractivity contribution in [2.24, 2.45) is 0 Å². The largest absolute Gasteiger partial charge is 0.488 e. The summed E-state index contributed by atoms with van der Waals surface area (Å²) in [6.07, 6.45) is 1.66. The average molecular weight is 640 g/mol. The van der Waals surface area contributed by atoms with Gasteiger partial charge in [-0.3, -0.25) is 19.3 Å². The van der Waals surface area contributed by atoms with Gasteiger partial charge in [0, 0.05) is 41.0 Å². The topological polar surface area (TPSA) is 70.2 Å². The van der Waals surface area contributed by atoms with E-state index in [4.69, 9.17) is 4.74 Å². The summed E-state index contributed by atoms with van der Waals surface area (Å²) in [6, 6.07) is 25.5. The molecule has 2 aliphatic heterocycles. The zero-order valence-electron chi connectivity index (χ0n) is 20.6. The highest BCUT2D eigenvalue weighted by atomic mass is 127. The second kappa shape index (κ2) is 12.0. The predicted octanol–water partition coefficient (Wildman–Crippen LogP) is 5.26. The fourth-order valence-corrected chi connectivity index (χ4v) is 5.53. The number of halogens is 1. The normalized spacial score (nSPS) is 16.9. The highest BCUT2D eigenvalue weighted by Gasteiger charge is 2.37. The second-order valence-corrected chi connectivity index (χ2v) is 11.2. The van der Waals surface area contributed by atoms with Gasteiger partial charge in [-0.2, -0.15) is 0 Å². The molecule has 0 N–H and O–H groups in total. The fourth-order valence-electron chi connectivity index (χ4n) is 4.34. The molecule has 2 aliphatic rings. The van der Waals surface area contributed by atoms with Gasteiger partial charge in [-0.25, -0.2) is 0 Å². The van der Waals surface area contributed by atoms with E-state index in [9.17, 15) is 14.4 Å². The van der Waals surface area contributed by atoms with Crippen molar-refractivity contribution in [1.82, 2.24) is 9.80 Å². The lowest BCUT2D eigenvalue weighted by molar-refractivity contribution is -0.136. The molecule has 0 spiro atoms. The number of nitrogens with zero attached hydrogens (tertiary/aromatic N) is 3. The van der Waals surface area contributed by atoms with Gasteiger partial charge in [0.2, 0.25) is 5.91 Å². The number of benzene rings is 3. The number of ether oxygens (including phenoxy) is 1. The lowest BCUT2D eigenvalue weighted by Crippen LogP contribution is -2.51. The number of para-hydroxylation sites is 2. The first-order chi connectivity index (χ1) is 18.5. The molecule has 9 heteroatoms. The van der Waals surface area contributed by atoms with Crippen molar-refractivity contribution in [3.8, 4) is 5.75 Å². The molecule has 194 valence electrons.